The van der Waals surface area contributed by atoms with Crippen LogP contribution in [0.25, 0.3) is 0 Å². The number of hydrogen-bond donors (Lipinski definition) is 0. The first kappa shape index (κ1) is 23.7. The van der Waals surface area contributed by atoms with Crippen LogP contribution in [-0.4, -0.2) is 57.1 Å². The third-order valence-corrected chi connectivity index (χ3v) is 10.1. The molecule has 0 saturated carbocycles. The molecular weight excluding hydrogens is 466 g/mol. The lowest BCUT2D eigenvalue weighted by atomic mass is 10.1. The summed E-state index contributed by atoms with van der Waals surface area (Å²) >= 11 is 1.77. The van der Waals surface area contributed by atoms with E-state index < -0.39 is 10.0 Å². The van der Waals surface area contributed by atoms with Gasteiger partial charge < -0.3 is 9.80 Å². The maximum atomic E-state index is 13.8. The molecule has 0 unspecified atom stereocenters. The maximum Gasteiger partial charge on any atom is 0.258 e. The van der Waals surface area contributed by atoms with Gasteiger partial charge in [0.05, 0.1) is 11.4 Å². The van der Waals surface area contributed by atoms with Gasteiger partial charge in [-0.3, -0.25) is 4.79 Å². The highest BCUT2D eigenvalue weighted by atomic mass is 32.2. The predicted molar refractivity (Wildman–Crippen MR) is 139 cm³/mol. The minimum absolute atomic E-state index is 0.129. The van der Waals surface area contributed by atoms with E-state index in [4.69, 9.17) is 0 Å². The molecular formula is C26H33N3O3S2. The molecule has 8 heteroatoms. The third kappa shape index (κ3) is 4.72. The van der Waals surface area contributed by atoms with Crippen LogP contribution in [0, 0.1) is 0 Å². The van der Waals surface area contributed by atoms with E-state index in [1.807, 2.05) is 35.2 Å². The maximum absolute atomic E-state index is 13.8. The van der Waals surface area contributed by atoms with Crippen LogP contribution in [-0.2, 0) is 10.0 Å². The van der Waals surface area contributed by atoms with E-state index in [2.05, 4.69) is 11.0 Å². The summed E-state index contributed by atoms with van der Waals surface area (Å²) in [6.45, 7) is 3.44. The van der Waals surface area contributed by atoms with Crippen molar-refractivity contribution in [3.63, 3.8) is 0 Å². The molecule has 0 radical (unpaired) electrons. The van der Waals surface area contributed by atoms with Crippen molar-refractivity contribution in [1.29, 1.82) is 0 Å². The number of amides is 1. The van der Waals surface area contributed by atoms with Gasteiger partial charge in [0.25, 0.3) is 5.91 Å². The molecule has 0 bridgehead atoms. The third-order valence-electron chi connectivity index (χ3n) is 7.02. The fourth-order valence-electron chi connectivity index (χ4n) is 5.19. The monoisotopic (exact) mass is 499 g/mol. The molecule has 2 aromatic carbocycles. The summed E-state index contributed by atoms with van der Waals surface area (Å²) in [4.78, 5) is 19.1. The lowest BCUT2D eigenvalue weighted by Crippen LogP contribution is -2.38. The average Bonchev–Trinajstić information content (AvgIpc) is 3.11. The van der Waals surface area contributed by atoms with Gasteiger partial charge in [-0.1, -0.05) is 18.6 Å². The Morgan fingerprint density at radius 1 is 0.765 bits per heavy atom. The number of rotatable bonds is 4. The van der Waals surface area contributed by atoms with Crippen molar-refractivity contribution in [2.45, 2.75) is 54.7 Å². The number of hydrogen-bond acceptors (Lipinski definition) is 5. The first-order valence-electron chi connectivity index (χ1n) is 12.5. The van der Waals surface area contributed by atoms with Crippen LogP contribution in [0.4, 0.5) is 11.4 Å². The Kier molecular flexibility index (Phi) is 7.18. The standard InChI is InChI=1S/C26H33N3O3S2/c30-26(29-18-9-19-33-24-11-4-3-10-22(24)29)21-12-13-23(27-14-5-1-6-15-27)25(20-21)34(31,32)28-16-7-2-8-17-28/h3-4,10-13,20H,1-2,5-9,14-19H2. The molecule has 2 saturated heterocycles. The zero-order valence-corrected chi connectivity index (χ0v) is 21.2. The average molecular weight is 500 g/mol. The van der Waals surface area contributed by atoms with Gasteiger partial charge in [0.1, 0.15) is 4.90 Å². The molecule has 0 atom stereocenters. The Morgan fingerprint density at radius 2 is 1.47 bits per heavy atom. The second kappa shape index (κ2) is 10.3. The Labute approximate surface area is 207 Å². The number of nitrogens with zero attached hydrogens (tertiary/aromatic N) is 3. The van der Waals surface area contributed by atoms with Gasteiger partial charge in [-0.15, -0.1) is 11.8 Å². The molecule has 3 aliphatic rings. The number of piperidine rings is 2. The summed E-state index contributed by atoms with van der Waals surface area (Å²) in [6, 6.07) is 13.3. The first-order chi connectivity index (χ1) is 16.6. The molecule has 1 amide bonds. The summed E-state index contributed by atoms with van der Waals surface area (Å²) < 4.78 is 29.3. The molecule has 0 aromatic heterocycles. The quantitative estimate of drug-likeness (QED) is 0.593. The van der Waals surface area contributed by atoms with E-state index >= 15 is 0 Å². The van der Waals surface area contributed by atoms with Crippen LogP contribution in [0.3, 0.4) is 0 Å². The number of benzene rings is 2. The SMILES string of the molecule is O=C(c1ccc(N2CCCCC2)c(S(=O)(=O)N2CCCCC2)c1)N1CCCSc2ccccc21. The molecule has 2 aromatic rings. The molecule has 0 spiro atoms. The smallest absolute Gasteiger partial charge is 0.258 e. The van der Waals surface area contributed by atoms with Crippen LogP contribution in [0.15, 0.2) is 52.3 Å². The van der Waals surface area contributed by atoms with Gasteiger partial charge in [-0.25, -0.2) is 8.42 Å². The Hall–Kier alpha value is -2.03. The van der Waals surface area contributed by atoms with Crippen molar-refractivity contribution < 1.29 is 13.2 Å². The van der Waals surface area contributed by atoms with Gasteiger partial charge in [0.2, 0.25) is 10.0 Å². The fourth-order valence-corrected chi connectivity index (χ4v) is 7.94. The number of thioether (sulfide) groups is 1. The molecule has 5 rings (SSSR count). The van der Waals surface area contributed by atoms with E-state index in [1.54, 1.807) is 22.1 Å². The molecule has 34 heavy (non-hydrogen) atoms. The molecule has 6 nitrogen and oxygen atoms in total. The summed E-state index contributed by atoms with van der Waals surface area (Å²) in [5.41, 5.74) is 2.10. The van der Waals surface area contributed by atoms with Crippen molar-refractivity contribution in [2.75, 3.05) is 48.3 Å². The second-order valence-corrected chi connectivity index (χ2v) is 12.4. The second-order valence-electron chi connectivity index (χ2n) is 9.32. The number of anilines is 2. The van der Waals surface area contributed by atoms with E-state index in [9.17, 15) is 13.2 Å². The summed E-state index contributed by atoms with van der Waals surface area (Å²) in [7, 11) is -3.68. The van der Waals surface area contributed by atoms with E-state index in [1.165, 1.54) is 6.42 Å². The number of fused-ring (bicyclic) bond motifs is 1. The molecule has 0 aliphatic carbocycles. The molecule has 3 aliphatic heterocycles. The topological polar surface area (TPSA) is 60.9 Å². The summed E-state index contributed by atoms with van der Waals surface area (Å²) in [5.74, 6) is 0.832. The lowest BCUT2D eigenvalue weighted by Gasteiger charge is -2.33. The molecule has 2 fully saturated rings. The van der Waals surface area contributed by atoms with E-state index in [0.717, 1.165) is 73.6 Å². The van der Waals surface area contributed by atoms with Gasteiger partial charge in [-0.05, 0) is 74.6 Å². The Bertz CT molecular complexity index is 1140. The molecule has 182 valence electrons. The lowest BCUT2D eigenvalue weighted by molar-refractivity contribution is 0.0986. The molecule has 3 heterocycles. The largest absolute Gasteiger partial charge is 0.370 e. The predicted octanol–water partition coefficient (Wildman–Crippen LogP) is 4.99. The van der Waals surface area contributed by atoms with Crippen molar-refractivity contribution >= 4 is 39.1 Å². The highest BCUT2D eigenvalue weighted by Crippen LogP contribution is 2.36. The van der Waals surface area contributed by atoms with Crippen LogP contribution in [0.5, 0.6) is 0 Å². The van der Waals surface area contributed by atoms with Crippen molar-refractivity contribution in [2.24, 2.45) is 0 Å². The van der Waals surface area contributed by atoms with Gasteiger partial charge in [-0.2, -0.15) is 4.31 Å². The van der Waals surface area contributed by atoms with Gasteiger partial charge in [0.15, 0.2) is 0 Å². The first-order valence-corrected chi connectivity index (χ1v) is 14.9. The minimum Gasteiger partial charge on any atom is -0.370 e. The highest BCUT2D eigenvalue weighted by molar-refractivity contribution is 7.99. The molecule has 0 N–H and O–H groups in total. The normalized spacial score (nSPS) is 20.0. The van der Waals surface area contributed by atoms with Crippen molar-refractivity contribution in [3.05, 3.63) is 48.0 Å². The number of para-hydroxylation sites is 1. The van der Waals surface area contributed by atoms with Gasteiger partial charge >= 0.3 is 0 Å². The summed E-state index contributed by atoms with van der Waals surface area (Å²) in [5, 5.41) is 0. The van der Waals surface area contributed by atoms with Gasteiger partial charge in [0, 0.05) is 43.2 Å². The zero-order valence-electron chi connectivity index (χ0n) is 19.6. The minimum atomic E-state index is -3.68. The van der Waals surface area contributed by atoms with Crippen molar-refractivity contribution in [1.82, 2.24) is 4.31 Å². The Morgan fingerprint density at radius 3 is 2.24 bits per heavy atom. The van der Waals surface area contributed by atoms with Crippen LogP contribution in [0.2, 0.25) is 0 Å². The zero-order chi connectivity index (χ0) is 23.5. The van der Waals surface area contributed by atoms with Crippen LogP contribution in [0.1, 0.15) is 55.3 Å². The van der Waals surface area contributed by atoms with Crippen molar-refractivity contribution in [3.8, 4) is 0 Å². The Balaban J connectivity index is 1.55. The van der Waals surface area contributed by atoms with Crippen LogP contribution >= 0.6 is 11.8 Å². The highest BCUT2D eigenvalue weighted by Gasteiger charge is 2.32. The number of carbonyl (C=O) groups excluding carboxylic acids is 1. The fraction of sp³-hybridized carbons (Fsp3) is 0.500. The number of sulfonamides is 1. The van der Waals surface area contributed by atoms with Crippen LogP contribution < -0.4 is 9.80 Å². The number of carbonyl (C=O) groups is 1. The van der Waals surface area contributed by atoms with E-state index in [-0.39, 0.29) is 5.91 Å². The van der Waals surface area contributed by atoms with E-state index in [0.29, 0.717) is 30.1 Å². The summed E-state index contributed by atoms with van der Waals surface area (Å²) in [6.07, 6.45) is 7.04.